The molecule has 5 nitrogen and oxygen atoms in total. The predicted molar refractivity (Wildman–Crippen MR) is 88.3 cm³/mol. The fourth-order valence-corrected chi connectivity index (χ4v) is 3.22. The van der Waals surface area contributed by atoms with Gasteiger partial charge in [-0.05, 0) is 30.2 Å². The van der Waals surface area contributed by atoms with Gasteiger partial charge in [-0.2, -0.15) is 4.31 Å². The fourth-order valence-electron chi connectivity index (χ4n) is 1.97. The predicted octanol–water partition coefficient (Wildman–Crippen LogP) is 2.51. The molecule has 0 aliphatic carbocycles. The van der Waals surface area contributed by atoms with Crippen molar-refractivity contribution in [3.63, 3.8) is 0 Å². The first-order valence-corrected chi connectivity index (χ1v) is 9.11. The fraction of sp³-hybridized carbons (Fsp3) is 0.533. The highest BCUT2D eigenvalue weighted by atomic mass is 35.5. The summed E-state index contributed by atoms with van der Waals surface area (Å²) in [5, 5.41) is 3.24. The molecule has 0 aliphatic rings. The number of carbonyl (C=O) groups excluding carboxylic acids is 1. The lowest BCUT2D eigenvalue weighted by Crippen LogP contribution is -2.39. The van der Waals surface area contributed by atoms with E-state index in [0.29, 0.717) is 17.5 Å². The summed E-state index contributed by atoms with van der Waals surface area (Å²) in [5.74, 6) is 0.120. The van der Waals surface area contributed by atoms with Crippen LogP contribution in [0.2, 0.25) is 5.02 Å². The minimum Gasteiger partial charge on any atom is -0.355 e. The van der Waals surface area contributed by atoms with Gasteiger partial charge in [0.25, 0.3) is 0 Å². The van der Waals surface area contributed by atoms with Gasteiger partial charge in [0.2, 0.25) is 15.9 Å². The highest BCUT2D eigenvalue weighted by molar-refractivity contribution is 7.89. The molecule has 1 aromatic carbocycles. The van der Waals surface area contributed by atoms with Gasteiger partial charge in [0, 0.05) is 18.6 Å². The molecule has 22 heavy (non-hydrogen) atoms. The highest BCUT2D eigenvalue weighted by Gasteiger charge is 2.22. The second-order valence-electron chi connectivity index (χ2n) is 5.20. The van der Waals surface area contributed by atoms with Crippen molar-refractivity contribution in [3.05, 3.63) is 29.3 Å². The summed E-state index contributed by atoms with van der Waals surface area (Å²) in [7, 11) is -2.30. The molecule has 1 rings (SSSR count). The molecule has 0 saturated carbocycles. The largest absolute Gasteiger partial charge is 0.355 e. The van der Waals surface area contributed by atoms with E-state index in [-0.39, 0.29) is 17.3 Å². The number of benzene rings is 1. The molecule has 1 aromatic rings. The van der Waals surface area contributed by atoms with Crippen molar-refractivity contribution in [1.29, 1.82) is 0 Å². The van der Waals surface area contributed by atoms with Gasteiger partial charge in [-0.3, -0.25) is 4.79 Å². The zero-order valence-electron chi connectivity index (χ0n) is 13.2. The number of nitrogens with one attached hydrogen (secondary N) is 1. The highest BCUT2D eigenvalue weighted by Crippen LogP contribution is 2.17. The van der Waals surface area contributed by atoms with Crippen molar-refractivity contribution in [2.75, 3.05) is 20.1 Å². The molecule has 0 saturated heterocycles. The monoisotopic (exact) mass is 346 g/mol. The van der Waals surface area contributed by atoms with Gasteiger partial charge in [-0.15, -0.1) is 0 Å². The Morgan fingerprint density at radius 3 is 2.27 bits per heavy atom. The Kier molecular flexibility index (Phi) is 7.32. The lowest BCUT2D eigenvalue weighted by molar-refractivity contribution is -0.121. The average molecular weight is 347 g/mol. The van der Waals surface area contributed by atoms with Crippen LogP contribution in [0.1, 0.15) is 26.7 Å². The van der Waals surface area contributed by atoms with Gasteiger partial charge in [0.1, 0.15) is 0 Å². The van der Waals surface area contributed by atoms with Crippen LogP contribution >= 0.6 is 11.6 Å². The molecule has 0 spiro atoms. The van der Waals surface area contributed by atoms with Crippen LogP contribution in [0.15, 0.2) is 29.2 Å². The SMILES string of the molecule is CCC(CC)CNC(=O)CN(C)S(=O)(=O)c1ccc(Cl)cc1. The molecule has 0 aliphatic heterocycles. The minimum atomic E-state index is -3.69. The number of rotatable bonds is 8. The maximum absolute atomic E-state index is 12.3. The lowest BCUT2D eigenvalue weighted by atomic mass is 10.0. The Labute approximate surface area is 137 Å². The zero-order valence-corrected chi connectivity index (χ0v) is 14.7. The molecule has 0 fully saturated rings. The summed E-state index contributed by atoms with van der Waals surface area (Å²) < 4.78 is 25.7. The van der Waals surface area contributed by atoms with Crippen molar-refractivity contribution in [2.45, 2.75) is 31.6 Å². The van der Waals surface area contributed by atoms with Crippen LogP contribution in [0.4, 0.5) is 0 Å². The van der Waals surface area contributed by atoms with Gasteiger partial charge in [-0.1, -0.05) is 38.3 Å². The van der Waals surface area contributed by atoms with Crippen LogP contribution in [0.5, 0.6) is 0 Å². The minimum absolute atomic E-state index is 0.118. The van der Waals surface area contributed by atoms with Crippen LogP contribution in [0.25, 0.3) is 0 Å². The summed E-state index contributed by atoms with van der Waals surface area (Å²) in [6, 6.07) is 5.87. The van der Waals surface area contributed by atoms with E-state index in [1.54, 1.807) is 0 Å². The molecule has 0 bridgehead atoms. The summed E-state index contributed by atoms with van der Waals surface area (Å²) in [6.45, 7) is 4.50. The van der Waals surface area contributed by atoms with E-state index < -0.39 is 10.0 Å². The van der Waals surface area contributed by atoms with E-state index in [2.05, 4.69) is 19.2 Å². The quantitative estimate of drug-likeness (QED) is 0.786. The lowest BCUT2D eigenvalue weighted by Gasteiger charge is -2.18. The molecule has 0 unspecified atom stereocenters. The van der Waals surface area contributed by atoms with Crippen LogP contribution in [0.3, 0.4) is 0 Å². The first-order chi connectivity index (χ1) is 10.3. The molecular weight excluding hydrogens is 324 g/mol. The van der Waals surface area contributed by atoms with E-state index in [9.17, 15) is 13.2 Å². The second-order valence-corrected chi connectivity index (χ2v) is 7.68. The maximum Gasteiger partial charge on any atom is 0.243 e. The Balaban J connectivity index is 2.65. The summed E-state index contributed by atoms with van der Waals surface area (Å²) in [4.78, 5) is 12.0. The number of likely N-dealkylation sites (N-methyl/N-ethyl adjacent to an activating group) is 1. The summed E-state index contributed by atoms with van der Waals surface area (Å²) in [5.41, 5.74) is 0. The number of sulfonamides is 1. The van der Waals surface area contributed by atoms with E-state index in [4.69, 9.17) is 11.6 Å². The third-order valence-electron chi connectivity index (χ3n) is 3.63. The number of hydrogen-bond acceptors (Lipinski definition) is 3. The van der Waals surface area contributed by atoms with Crippen molar-refractivity contribution in [3.8, 4) is 0 Å². The normalized spacial score (nSPS) is 11.9. The van der Waals surface area contributed by atoms with Crippen molar-refractivity contribution < 1.29 is 13.2 Å². The van der Waals surface area contributed by atoms with Crippen LogP contribution in [-0.4, -0.2) is 38.8 Å². The van der Waals surface area contributed by atoms with Gasteiger partial charge in [0.15, 0.2) is 0 Å². The zero-order chi connectivity index (χ0) is 16.8. The Hall–Kier alpha value is -1.11. The summed E-state index contributed by atoms with van der Waals surface area (Å²) in [6.07, 6.45) is 1.96. The van der Waals surface area contributed by atoms with Crippen LogP contribution in [-0.2, 0) is 14.8 Å². The van der Waals surface area contributed by atoms with Gasteiger partial charge in [-0.25, -0.2) is 8.42 Å². The molecule has 7 heteroatoms. The smallest absolute Gasteiger partial charge is 0.243 e. The standard InChI is InChI=1S/C15H23ClN2O3S/c1-4-12(5-2)10-17-15(19)11-18(3)22(20,21)14-8-6-13(16)7-9-14/h6-9,12H,4-5,10-11H2,1-3H3,(H,17,19). The third-order valence-corrected chi connectivity index (χ3v) is 5.70. The van der Waals surface area contributed by atoms with Crippen molar-refractivity contribution >= 4 is 27.5 Å². The first-order valence-electron chi connectivity index (χ1n) is 7.29. The van der Waals surface area contributed by atoms with E-state index >= 15 is 0 Å². The number of hydrogen-bond donors (Lipinski definition) is 1. The molecule has 1 amide bonds. The van der Waals surface area contributed by atoms with Crippen molar-refractivity contribution in [2.24, 2.45) is 5.92 Å². The number of halogens is 1. The Morgan fingerprint density at radius 1 is 1.23 bits per heavy atom. The van der Waals surface area contributed by atoms with Gasteiger partial charge < -0.3 is 5.32 Å². The molecule has 1 N–H and O–H groups in total. The molecule has 124 valence electrons. The average Bonchev–Trinajstić information content (AvgIpc) is 2.48. The van der Waals surface area contributed by atoms with Gasteiger partial charge in [0.05, 0.1) is 11.4 Å². The van der Waals surface area contributed by atoms with Crippen LogP contribution in [0, 0.1) is 5.92 Å². The Morgan fingerprint density at radius 2 is 1.77 bits per heavy atom. The van der Waals surface area contributed by atoms with E-state index in [1.165, 1.54) is 31.3 Å². The van der Waals surface area contributed by atoms with Crippen molar-refractivity contribution in [1.82, 2.24) is 9.62 Å². The number of nitrogens with zero attached hydrogens (tertiary/aromatic N) is 1. The van der Waals surface area contributed by atoms with Gasteiger partial charge >= 0.3 is 0 Å². The van der Waals surface area contributed by atoms with E-state index in [0.717, 1.165) is 17.1 Å². The molecule has 0 radical (unpaired) electrons. The number of amides is 1. The van der Waals surface area contributed by atoms with E-state index in [1.807, 2.05) is 0 Å². The molecule has 0 aromatic heterocycles. The molecule has 0 heterocycles. The van der Waals surface area contributed by atoms with Crippen LogP contribution < -0.4 is 5.32 Å². The second kappa shape index (κ2) is 8.50. The Bertz CT molecular complexity index is 583. The summed E-state index contributed by atoms with van der Waals surface area (Å²) >= 11 is 5.75. The molecular formula is C15H23ClN2O3S. The number of carbonyl (C=O) groups is 1. The first kappa shape index (κ1) is 18.9. The topological polar surface area (TPSA) is 66.5 Å². The maximum atomic E-state index is 12.3. The molecule has 0 atom stereocenters. The third kappa shape index (κ3) is 5.26.